The zero-order chi connectivity index (χ0) is 21.5. The molecule has 11 heteroatoms. The van der Waals surface area contributed by atoms with Gasteiger partial charge in [-0.25, -0.2) is 9.38 Å². The van der Waals surface area contributed by atoms with Crippen LogP contribution in [-0.2, 0) is 16.5 Å². The fourth-order valence-corrected chi connectivity index (χ4v) is 4.49. The van der Waals surface area contributed by atoms with E-state index in [1.807, 2.05) is 0 Å². The quantitative estimate of drug-likeness (QED) is 0.715. The maximum atomic E-state index is 14.7. The summed E-state index contributed by atoms with van der Waals surface area (Å²) in [4.78, 5) is 20.4. The number of anilines is 1. The second-order valence-electron chi connectivity index (χ2n) is 6.98. The molecule has 0 bridgehead atoms. The topological polar surface area (TPSA) is 89.6 Å². The minimum absolute atomic E-state index is 0.0770. The Hall–Kier alpha value is -2.66. The van der Waals surface area contributed by atoms with Crippen LogP contribution in [0.3, 0.4) is 0 Å². The number of alkyl halides is 3. The van der Waals surface area contributed by atoms with Gasteiger partial charge < -0.3 is 15.8 Å². The van der Waals surface area contributed by atoms with E-state index in [9.17, 15) is 22.4 Å². The lowest BCUT2D eigenvalue weighted by Gasteiger charge is -2.34. The van der Waals surface area contributed by atoms with Crippen LogP contribution in [0.4, 0.5) is 23.2 Å². The van der Waals surface area contributed by atoms with E-state index in [1.54, 1.807) is 0 Å². The number of nitrogens with two attached hydrogens (primary N) is 1. The second-order valence-corrected chi connectivity index (χ2v) is 8.02. The predicted molar refractivity (Wildman–Crippen MR) is 104 cm³/mol. The Morgan fingerprint density at radius 1 is 1.30 bits per heavy atom. The number of hydrogen-bond acceptors (Lipinski definition) is 6. The van der Waals surface area contributed by atoms with Crippen molar-refractivity contribution in [3.8, 4) is 0 Å². The Morgan fingerprint density at radius 3 is 2.80 bits per heavy atom. The molecule has 1 fully saturated rings. The van der Waals surface area contributed by atoms with Crippen molar-refractivity contribution in [1.82, 2.24) is 4.98 Å². The van der Waals surface area contributed by atoms with Gasteiger partial charge in [-0.2, -0.15) is 13.2 Å². The van der Waals surface area contributed by atoms with E-state index in [0.717, 1.165) is 12.1 Å². The van der Waals surface area contributed by atoms with Crippen molar-refractivity contribution in [3.05, 3.63) is 59.2 Å². The molecule has 3 heterocycles. The number of ether oxygens (including phenoxy) is 1. The first-order valence-corrected chi connectivity index (χ1v) is 9.88. The van der Waals surface area contributed by atoms with Crippen LogP contribution in [0.5, 0.6) is 0 Å². The number of benzene rings is 1. The molecule has 6 nitrogen and oxygen atoms in total. The number of nitrogens with zero attached hydrogens (tertiary/aromatic N) is 2. The molecule has 2 aliphatic rings. The molecule has 1 saturated heterocycles. The largest absolute Gasteiger partial charge is 0.417 e. The van der Waals surface area contributed by atoms with Gasteiger partial charge in [0.05, 0.1) is 18.8 Å². The fourth-order valence-electron chi connectivity index (χ4n) is 3.52. The standard InChI is InChI=1S/C19H16F4N4O2S/c20-14-3-2-12(26-16(28)15-4-1-10(6-25-15)19(21,22)23)5-13(14)18-9-29-7-11(18)8-30-17(24)27-18/h1-6,11H,7-9H2,(H2,24,27)(H,26,28). The highest BCUT2D eigenvalue weighted by atomic mass is 32.2. The van der Waals surface area contributed by atoms with E-state index in [4.69, 9.17) is 10.5 Å². The number of amides is 1. The van der Waals surface area contributed by atoms with Crippen molar-refractivity contribution in [3.63, 3.8) is 0 Å². The van der Waals surface area contributed by atoms with E-state index in [2.05, 4.69) is 15.3 Å². The lowest BCUT2D eigenvalue weighted by Crippen LogP contribution is -2.40. The van der Waals surface area contributed by atoms with Crippen molar-refractivity contribution in [2.75, 3.05) is 24.3 Å². The Bertz CT molecular complexity index is 1010. The summed E-state index contributed by atoms with van der Waals surface area (Å²) in [7, 11) is 0. The molecule has 0 spiro atoms. The number of carbonyl (C=O) groups is 1. The van der Waals surface area contributed by atoms with Gasteiger partial charge in [-0.15, -0.1) is 0 Å². The lowest BCUT2D eigenvalue weighted by molar-refractivity contribution is -0.137. The van der Waals surface area contributed by atoms with Crippen LogP contribution in [0.15, 0.2) is 41.5 Å². The Labute approximate surface area is 172 Å². The molecule has 1 amide bonds. The first kappa shape index (κ1) is 20.6. The first-order valence-electron chi connectivity index (χ1n) is 8.89. The molecule has 30 heavy (non-hydrogen) atoms. The van der Waals surface area contributed by atoms with E-state index >= 15 is 0 Å². The first-order chi connectivity index (χ1) is 14.2. The van der Waals surface area contributed by atoms with Gasteiger partial charge in [0.25, 0.3) is 5.91 Å². The molecule has 1 aromatic carbocycles. The molecule has 3 N–H and O–H groups in total. The summed E-state index contributed by atoms with van der Waals surface area (Å²) in [6.07, 6.45) is -3.96. The summed E-state index contributed by atoms with van der Waals surface area (Å²) in [5.41, 5.74) is 4.23. The average Bonchev–Trinajstić information content (AvgIpc) is 3.12. The summed E-state index contributed by atoms with van der Waals surface area (Å²) in [6, 6.07) is 5.75. The molecule has 2 atom stereocenters. The number of fused-ring (bicyclic) bond motifs is 1. The third-order valence-electron chi connectivity index (χ3n) is 5.07. The summed E-state index contributed by atoms with van der Waals surface area (Å²) >= 11 is 1.38. The lowest BCUT2D eigenvalue weighted by atomic mass is 9.81. The minimum Gasteiger partial charge on any atom is -0.379 e. The fraction of sp³-hybridized carbons (Fsp3) is 0.316. The van der Waals surface area contributed by atoms with E-state index in [-0.39, 0.29) is 29.5 Å². The third kappa shape index (κ3) is 3.74. The van der Waals surface area contributed by atoms with Gasteiger partial charge in [-0.1, -0.05) is 11.8 Å². The maximum Gasteiger partial charge on any atom is 0.417 e. The molecule has 4 rings (SSSR count). The van der Waals surface area contributed by atoms with Crippen molar-refractivity contribution >= 4 is 28.5 Å². The number of aromatic nitrogens is 1. The van der Waals surface area contributed by atoms with Crippen LogP contribution < -0.4 is 11.1 Å². The van der Waals surface area contributed by atoms with Crippen LogP contribution in [-0.4, -0.2) is 35.0 Å². The molecule has 0 saturated carbocycles. The van der Waals surface area contributed by atoms with Crippen molar-refractivity contribution < 1.29 is 27.1 Å². The van der Waals surface area contributed by atoms with Crippen LogP contribution in [0.2, 0.25) is 0 Å². The van der Waals surface area contributed by atoms with Gasteiger partial charge in [0.1, 0.15) is 17.1 Å². The molecule has 2 unspecified atom stereocenters. The van der Waals surface area contributed by atoms with E-state index in [1.165, 1.54) is 30.0 Å². The van der Waals surface area contributed by atoms with Gasteiger partial charge in [-0.3, -0.25) is 9.78 Å². The molecule has 0 radical (unpaired) electrons. The highest BCUT2D eigenvalue weighted by molar-refractivity contribution is 8.13. The number of nitrogens with one attached hydrogen (secondary N) is 1. The van der Waals surface area contributed by atoms with Crippen LogP contribution in [0.25, 0.3) is 0 Å². The molecular formula is C19H16F4N4O2S. The highest BCUT2D eigenvalue weighted by Gasteiger charge is 2.49. The summed E-state index contributed by atoms with van der Waals surface area (Å²) < 4.78 is 58.2. The van der Waals surface area contributed by atoms with Crippen molar-refractivity contribution in [2.45, 2.75) is 11.7 Å². The van der Waals surface area contributed by atoms with Gasteiger partial charge in [0.2, 0.25) is 0 Å². The van der Waals surface area contributed by atoms with Crippen LogP contribution in [0.1, 0.15) is 21.6 Å². The van der Waals surface area contributed by atoms with Crippen molar-refractivity contribution in [1.29, 1.82) is 0 Å². The highest BCUT2D eigenvalue weighted by Crippen LogP contribution is 2.45. The van der Waals surface area contributed by atoms with Crippen LogP contribution in [0, 0.1) is 11.7 Å². The van der Waals surface area contributed by atoms with Gasteiger partial charge in [0.15, 0.2) is 5.17 Å². The third-order valence-corrected chi connectivity index (χ3v) is 6.03. The number of thioether (sulfide) groups is 1. The normalized spacial score (nSPS) is 23.6. The Kier molecular flexibility index (Phi) is 5.18. The predicted octanol–water partition coefficient (Wildman–Crippen LogP) is 3.40. The molecular weight excluding hydrogens is 424 g/mol. The number of amidine groups is 1. The van der Waals surface area contributed by atoms with Gasteiger partial charge in [0, 0.05) is 29.1 Å². The number of hydrogen-bond donors (Lipinski definition) is 2. The molecule has 2 aliphatic heterocycles. The number of rotatable bonds is 3. The van der Waals surface area contributed by atoms with Crippen molar-refractivity contribution in [2.24, 2.45) is 16.6 Å². The monoisotopic (exact) mass is 440 g/mol. The smallest absolute Gasteiger partial charge is 0.379 e. The zero-order valence-electron chi connectivity index (χ0n) is 15.4. The molecule has 1 aromatic heterocycles. The summed E-state index contributed by atoms with van der Waals surface area (Å²) in [5.74, 6) is -0.687. The average molecular weight is 440 g/mol. The summed E-state index contributed by atoms with van der Waals surface area (Å²) in [6.45, 7) is 0.572. The number of halogens is 4. The SMILES string of the molecule is NC1=NC2(c3cc(NC(=O)c4ccc(C(F)(F)F)cn4)ccc3F)COCC2CS1. The van der Waals surface area contributed by atoms with Gasteiger partial charge >= 0.3 is 6.18 Å². The minimum atomic E-state index is -4.55. The maximum absolute atomic E-state index is 14.7. The number of aliphatic imine (C=N–C) groups is 1. The Balaban J connectivity index is 1.61. The molecule has 158 valence electrons. The Morgan fingerprint density at radius 2 is 2.10 bits per heavy atom. The number of carbonyl (C=O) groups excluding carboxylic acids is 1. The summed E-state index contributed by atoms with van der Waals surface area (Å²) in [5, 5.41) is 2.87. The molecule has 0 aliphatic carbocycles. The van der Waals surface area contributed by atoms with E-state index in [0.29, 0.717) is 23.7 Å². The molecule has 2 aromatic rings. The van der Waals surface area contributed by atoms with Crippen LogP contribution >= 0.6 is 11.8 Å². The zero-order valence-corrected chi connectivity index (χ0v) is 16.2. The van der Waals surface area contributed by atoms with Gasteiger partial charge in [-0.05, 0) is 30.3 Å². The second kappa shape index (κ2) is 7.55. The van der Waals surface area contributed by atoms with E-state index < -0.39 is 29.0 Å². The number of pyridine rings is 1.